The molecule has 5 heteroatoms. The highest BCUT2D eigenvalue weighted by Gasteiger charge is 2.14. The highest BCUT2D eigenvalue weighted by Crippen LogP contribution is 2.19. The minimum atomic E-state index is -0.790. The minimum absolute atomic E-state index is 0.0849. The molecule has 1 atom stereocenters. The molecule has 0 aliphatic carbocycles. The number of aromatic amines is 1. The van der Waals surface area contributed by atoms with Crippen molar-refractivity contribution in [2.75, 3.05) is 6.54 Å². The van der Waals surface area contributed by atoms with Gasteiger partial charge < -0.3 is 15.4 Å². The molecule has 0 fully saturated rings. The first-order valence-corrected chi connectivity index (χ1v) is 7.35. The quantitative estimate of drug-likeness (QED) is 0.693. The fraction of sp³-hybridized carbons (Fsp3) is 0.167. The number of carbonyl (C=O) groups excluding carboxylic acids is 1. The number of amides is 1. The predicted molar refractivity (Wildman–Crippen MR) is 86.7 cm³/mol. The third kappa shape index (κ3) is 3.10. The van der Waals surface area contributed by atoms with Gasteiger partial charge in [0.05, 0.1) is 6.10 Å². The molecule has 0 aliphatic heterocycles. The van der Waals surface area contributed by atoms with Crippen molar-refractivity contribution in [2.24, 2.45) is 0 Å². The van der Waals surface area contributed by atoms with Crippen LogP contribution >= 0.6 is 0 Å². The van der Waals surface area contributed by atoms with Gasteiger partial charge in [0.1, 0.15) is 11.5 Å². The summed E-state index contributed by atoms with van der Waals surface area (Å²) in [4.78, 5) is 15.0. The Kier molecular flexibility index (Phi) is 4.12. The zero-order valence-corrected chi connectivity index (χ0v) is 12.6. The summed E-state index contributed by atoms with van der Waals surface area (Å²) in [7, 11) is 0. The Morgan fingerprint density at radius 1 is 1.26 bits per heavy atom. The van der Waals surface area contributed by atoms with E-state index < -0.39 is 6.10 Å². The molecular formula is C18H17FN2O2. The Bertz CT molecular complexity index is 857. The number of hydrogen-bond donors (Lipinski definition) is 3. The van der Waals surface area contributed by atoms with Crippen LogP contribution in [0.3, 0.4) is 0 Å². The van der Waals surface area contributed by atoms with E-state index in [9.17, 15) is 14.3 Å². The molecule has 0 aliphatic rings. The predicted octanol–water partition coefficient (Wildman–Crippen LogP) is 3.08. The number of nitrogens with one attached hydrogen (secondary N) is 2. The Labute approximate surface area is 133 Å². The first kappa shape index (κ1) is 15.2. The first-order chi connectivity index (χ1) is 11.1. The molecule has 0 saturated heterocycles. The number of halogens is 1. The number of aryl methyl sites for hydroxylation is 1. The first-order valence-electron chi connectivity index (χ1n) is 7.35. The zero-order chi connectivity index (χ0) is 16.4. The standard InChI is InChI=1S/C18H17FN2O2/c1-11-5-2-3-6-12(11)17(22)10-20-18(23)16-9-13-14(19)7-4-8-15(13)21-16/h2-9,17,21-22H,10H2,1H3,(H,20,23). The van der Waals surface area contributed by atoms with Crippen LogP contribution in [0.4, 0.5) is 4.39 Å². The lowest BCUT2D eigenvalue weighted by molar-refractivity contribution is 0.0912. The van der Waals surface area contributed by atoms with Crippen molar-refractivity contribution < 1.29 is 14.3 Å². The second kappa shape index (κ2) is 6.22. The smallest absolute Gasteiger partial charge is 0.267 e. The maximum absolute atomic E-state index is 13.7. The number of carbonyl (C=O) groups is 1. The summed E-state index contributed by atoms with van der Waals surface area (Å²) in [6.07, 6.45) is -0.790. The molecule has 0 saturated carbocycles. The maximum Gasteiger partial charge on any atom is 0.267 e. The van der Waals surface area contributed by atoms with Gasteiger partial charge in [-0.05, 0) is 36.2 Å². The number of aliphatic hydroxyl groups is 1. The van der Waals surface area contributed by atoms with Crippen LogP contribution in [0.15, 0.2) is 48.5 Å². The molecule has 118 valence electrons. The molecule has 23 heavy (non-hydrogen) atoms. The fourth-order valence-corrected chi connectivity index (χ4v) is 2.60. The van der Waals surface area contributed by atoms with Gasteiger partial charge in [-0.25, -0.2) is 4.39 Å². The van der Waals surface area contributed by atoms with Crippen LogP contribution in [0.1, 0.15) is 27.7 Å². The van der Waals surface area contributed by atoms with E-state index in [4.69, 9.17) is 0 Å². The van der Waals surface area contributed by atoms with E-state index in [0.717, 1.165) is 11.1 Å². The number of benzene rings is 2. The third-order valence-corrected chi connectivity index (χ3v) is 3.86. The molecule has 3 aromatic rings. The van der Waals surface area contributed by atoms with Crippen LogP contribution < -0.4 is 5.32 Å². The molecule has 1 unspecified atom stereocenters. The number of H-pyrrole nitrogens is 1. The van der Waals surface area contributed by atoms with Crippen LogP contribution in [-0.2, 0) is 0 Å². The number of fused-ring (bicyclic) bond motifs is 1. The lowest BCUT2D eigenvalue weighted by Crippen LogP contribution is -2.28. The lowest BCUT2D eigenvalue weighted by Gasteiger charge is -2.14. The monoisotopic (exact) mass is 312 g/mol. The van der Waals surface area contributed by atoms with E-state index in [0.29, 0.717) is 10.9 Å². The molecule has 3 rings (SSSR count). The molecule has 2 aromatic carbocycles. The van der Waals surface area contributed by atoms with Crippen LogP contribution in [-0.4, -0.2) is 22.5 Å². The molecule has 0 spiro atoms. The Balaban J connectivity index is 1.71. The van der Waals surface area contributed by atoms with Crippen molar-refractivity contribution in [1.82, 2.24) is 10.3 Å². The molecule has 4 nitrogen and oxygen atoms in total. The zero-order valence-electron chi connectivity index (χ0n) is 12.6. The summed E-state index contributed by atoms with van der Waals surface area (Å²) in [6.45, 7) is 1.99. The number of hydrogen-bond acceptors (Lipinski definition) is 2. The maximum atomic E-state index is 13.7. The highest BCUT2D eigenvalue weighted by molar-refractivity contribution is 5.98. The second-order valence-corrected chi connectivity index (χ2v) is 5.47. The van der Waals surface area contributed by atoms with E-state index in [1.165, 1.54) is 12.1 Å². The largest absolute Gasteiger partial charge is 0.387 e. The van der Waals surface area contributed by atoms with Crippen molar-refractivity contribution >= 4 is 16.8 Å². The van der Waals surface area contributed by atoms with Crippen LogP contribution in [0, 0.1) is 12.7 Å². The molecule has 0 bridgehead atoms. The number of aromatic nitrogens is 1. The molecule has 1 amide bonds. The van der Waals surface area contributed by atoms with Crippen molar-refractivity contribution in [2.45, 2.75) is 13.0 Å². The summed E-state index contributed by atoms with van der Waals surface area (Å²) in [5, 5.41) is 13.2. The summed E-state index contributed by atoms with van der Waals surface area (Å²) in [5.74, 6) is -0.758. The molecule has 3 N–H and O–H groups in total. The van der Waals surface area contributed by atoms with Gasteiger partial charge in [0.15, 0.2) is 0 Å². The van der Waals surface area contributed by atoms with Crippen molar-refractivity contribution in [3.05, 3.63) is 71.2 Å². The van der Waals surface area contributed by atoms with E-state index in [1.807, 2.05) is 31.2 Å². The highest BCUT2D eigenvalue weighted by atomic mass is 19.1. The molecule has 0 radical (unpaired) electrons. The van der Waals surface area contributed by atoms with Crippen molar-refractivity contribution in [1.29, 1.82) is 0 Å². The average molecular weight is 312 g/mol. The summed E-state index contributed by atoms with van der Waals surface area (Å²) >= 11 is 0. The van der Waals surface area contributed by atoms with Gasteiger partial charge in [-0.3, -0.25) is 4.79 Å². The van der Waals surface area contributed by atoms with E-state index in [1.54, 1.807) is 12.1 Å². The normalized spacial score (nSPS) is 12.3. The van der Waals surface area contributed by atoms with Gasteiger partial charge in [-0.1, -0.05) is 30.3 Å². The van der Waals surface area contributed by atoms with Gasteiger partial charge >= 0.3 is 0 Å². The van der Waals surface area contributed by atoms with Crippen LogP contribution in [0.2, 0.25) is 0 Å². The van der Waals surface area contributed by atoms with E-state index in [2.05, 4.69) is 10.3 Å². The number of aliphatic hydroxyl groups excluding tert-OH is 1. The molecular weight excluding hydrogens is 295 g/mol. The fourth-order valence-electron chi connectivity index (χ4n) is 2.60. The third-order valence-electron chi connectivity index (χ3n) is 3.86. The van der Waals surface area contributed by atoms with Gasteiger partial charge in [0.2, 0.25) is 0 Å². The van der Waals surface area contributed by atoms with Gasteiger partial charge in [-0.2, -0.15) is 0 Å². The second-order valence-electron chi connectivity index (χ2n) is 5.47. The average Bonchev–Trinajstić information content (AvgIpc) is 2.98. The lowest BCUT2D eigenvalue weighted by atomic mass is 10.0. The van der Waals surface area contributed by atoms with Crippen molar-refractivity contribution in [3.63, 3.8) is 0 Å². The number of rotatable bonds is 4. The SMILES string of the molecule is Cc1ccccc1C(O)CNC(=O)c1cc2c(F)cccc2[nH]1. The summed E-state index contributed by atoms with van der Waals surface area (Å²) < 4.78 is 13.7. The topological polar surface area (TPSA) is 65.1 Å². The van der Waals surface area contributed by atoms with Gasteiger partial charge in [0.25, 0.3) is 5.91 Å². The minimum Gasteiger partial charge on any atom is -0.387 e. The summed E-state index contributed by atoms with van der Waals surface area (Å²) in [5.41, 5.74) is 2.56. The van der Waals surface area contributed by atoms with Gasteiger partial charge in [0, 0.05) is 17.4 Å². The summed E-state index contributed by atoms with van der Waals surface area (Å²) in [6, 6.07) is 13.6. The van der Waals surface area contributed by atoms with Crippen molar-refractivity contribution in [3.8, 4) is 0 Å². The molecule has 1 heterocycles. The Hall–Kier alpha value is -2.66. The van der Waals surface area contributed by atoms with Crippen LogP contribution in [0.25, 0.3) is 10.9 Å². The Morgan fingerprint density at radius 3 is 2.78 bits per heavy atom. The Morgan fingerprint density at radius 2 is 2.04 bits per heavy atom. The van der Waals surface area contributed by atoms with Gasteiger partial charge in [-0.15, -0.1) is 0 Å². The van der Waals surface area contributed by atoms with Crippen LogP contribution in [0.5, 0.6) is 0 Å². The van der Waals surface area contributed by atoms with E-state index >= 15 is 0 Å². The van der Waals surface area contributed by atoms with E-state index in [-0.39, 0.29) is 24.0 Å². The molecule has 1 aromatic heterocycles.